The van der Waals surface area contributed by atoms with Crippen molar-refractivity contribution in [3.05, 3.63) is 41.7 Å². The smallest absolute Gasteiger partial charge is 0.161 e. The van der Waals surface area contributed by atoms with Crippen LogP contribution in [-0.4, -0.2) is 28.4 Å². The second-order valence-corrected chi connectivity index (χ2v) is 4.70. The highest BCUT2D eigenvalue weighted by Gasteiger charge is 2.23. The first kappa shape index (κ1) is 15.4. The summed E-state index contributed by atoms with van der Waals surface area (Å²) in [6.07, 6.45) is 3.92. The minimum absolute atomic E-state index is 0.178. The SMILES string of the molecule is CCCNC(c1ccc(F)cn1)c1c(OC)cnn1CC. The van der Waals surface area contributed by atoms with E-state index in [9.17, 15) is 4.39 Å². The summed E-state index contributed by atoms with van der Waals surface area (Å²) in [5.41, 5.74) is 1.66. The maximum Gasteiger partial charge on any atom is 0.161 e. The Hall–Kier alpha value is -1.95. The summed E-state index contributed by atoms with van der Waals surface area (Å²) >= 11 is 0. The first-order valence-electron chi connectivity index (χ1n) is 7.15. The third-order valence-corrected chi connectivity index (χ3v) is 3.28. The Kier molecular flexibility index (Phi) is 5.27. The van der Waals surface area contributed by atoms with Crippen molar-refractivity contribution in [2.75, 3.05) is 13.7 Å². The van der Waals surface area contributed by atoms with Crippen LogP contribution in [0.15, 0.2) is 24.5 Å². The minimum Gasteiger partial charge on any atom is -0.493 e. The number of nitrogens with zero attached hydrogens (tertiary/aromatic N) is 3. The predicted molar refractivity (Wildman–Crippen MR) is 78.8 cm³/mol. The molecule has 0 saturated carbocycles. The molecule has 5 nitrogen and oxygen atoms in total. The van der Waals surface area contributed by atoms with Gasteiger partial charge >= 0.3 is 0 Å². The molecule has 2 aromatic heterocycles. The van der Waals surface area contributed by atoms with Gasteiger partial charge in [0, 0.05) is 6.54 Å². The molecular weight excluding hydrogens is 271 g/mol. The standard InChI is InChI=1S/C15H21FN4O/c1-4-8-17-14(12-7-6-11(16)9-18-12)15-13(21-3)10-19-20(15)5-2/h6-7,9-10,14,17H,4-5,8H2,1-3H3. The van der Waals surface area contributed by atoms with E-state index in [2.05, 4.69) is 22.3 Å². The van der Waals surface area contributed by atoms with Gasteiger partial charge in [-0.15, -0.1) is 0 Å². The second-order valence-electron chi connectivity index (χ2n) is 4.70. The second kappa shape index (κ2) is 7.17. The van der Waals surface area contributed by atoms with E-state index in [1.54, 1.807) is 19.4 Å². The molecule has 0 aliphatic heterocycles. The number of hydrogen-bond acceptors (Lipinski definition) is 4. The quantitative estimate of drug-likeness (QED) is 0.852. The van der Waals surface area contributed by atoms with E-state index in [1.165, 1.54) is 12.3 Å². The van der Waals surface area contributed by atoms with Crippen LogP contribution in [0.3, 0.4) is 0 Å². The number of methoxy groups -OCH3 is 1. The van der Waals surface area contributed by atoms with Crippen molar-refractivity contribution in [3.8, 4) is 5.75 Å². The van der Waals surface area contributed by atoms with Gasteiger partial charge in [-0.3, -0.25) is 9.67 Å². The summed E-state index contributed by atoms with van der Waals surface area (Å²) in [5.74, 6) is 0.362. The van der Waals surface area contributed by atoms with Gasteiger partial charge in [-0.2, -0.15) is 5.10 Å². The summed E-state index contributed by atoms with van der Waals surface area (Å²) in [5, 5.41) is 7.76. The molecule has 0 aromatic carbocycles. The van der Waals surface area contributed by atoms with E-state index in [0.29, 0.717) is 5.75 Å². The number of aryl methyl sites for hydroxylation is 1. The molecule has 0 aliphatic rings. The lowest BCUT2D eigenvalue weighted by molar-refractivity contribution is 0.397. The lowest BCUT2D eigenvalue weighted by atomic mass is 10.1. The number of halogens is 1. The summed E-state index contributed by atoms with van der Waals surface area (Å²) in [4.78, 5) is 4.20. The fourth-order valence-electron chi connectivity index (χ4n) is 2.27. The lowest BCUT2D eigenvalue weighted by Gasteiger charge is -2.20. The molecule has 2 rings (SSSR count). The molecule has 1 unspecified atom stereocenters. The number of hydrogen-bond donors (Lipinski definition) is 1. The molecule has 0 fully saturated rings. The Balaban J connectivity index is 2.44. The van der Waals surface area contributed by atoms with Gasteiger partial charge in [0.05, 0.1) is 31.2 Å². The van der Waals surface area contributed by atoms with Crippen molar-refractivity contribution in [1.29, 1.82) is 0 Å². The van der Waals surface area contributed by atoms with Gasteiger partial charge in [-0.25, -0.2) is 4.39 Å². The average molecular weight is 292 g/mol. The van der Waals surface area contributed by atoms with Gasteiger partial charge in [-0.05, 0) is 32.0 Å². The molecule has 6 heteroatoms. The molecule has 0 radical (unpaired) electrons. The summed E-state index contributed by atoms with van der Waals surface area (Å²) in [6.45, 7) is 5.66. The Morgan fingerprint density at radius 3 is 2.71 bits per heavy atom. The van der Waals surface area contributed by atoms with Crippen LogP contribution in [0.5, 0.6) is 5.75 Å². The molecule has 0 amide bonds. The molecule has 1 atom stereocenters. The number of ether oxygens (including phenoxy) is 1. The van der Waals surface area contributed by atoms with Gasteiger partial charge in [-0.1, -0.05) is 6.92 Å². The summed E-state index contributed by atoms with van der Waals surface area (Å²) in [7, 11) is 1.62. The topological polar surface area (TPSA) is 52.0 Å². The van der Waals surface area contributed by atoms with Crippen LogP contribution >= 0.6 is 0 Å². The Labute approximate surface area is 124 Å². The molecule has 0 bridgehead atoms. The Morgan fingerprint density at radius 1 is 1.33 bits per heavy atom. The van der Waals surface area contributed by atoms with Crippen molar-refractivity contribution in [2.24, 2.45) is 0 Å². The van der Waals surface area contributed by atoms with E-state index in [0.717, 1.165) is 30.9 Å². The van der Waals surface area contributed by atoms with Gasteiger partial charge in [0.1, 0.15) is 11.5 Å². The summed E-state index contributed by atoms with van der Waals surface area (Å²) < 4.78 is 20.4. The first-order chi connectivity index (χ1) is 10.2. The zero-order valence-electron chi connectivity index (χ0n) is 12.6. The Morgan fingerprint density at radius 2 is 2.14 bits per heavy atom. The van der Waals surface area contributed by atoms with Crippen molar-refractivity contribution < 1.29 is 9.13 Å². The highest BCUT2D eigenvalue weighted by molar-refractivity contribution is 5.34. The molecule has 2 aromatic rings. The molecule has 0 aliphatic carbocycles. The van der Waals surface area contributed by atoms with Crippen LogP contribution in [0.2, 0.25) is 0 Å². The fraction of sp³-hybridized carbons (Fsp3) is 0.467. The van der Waals surface area contributed by atoms with Crippen LogP contribution in [0.1, 0.15) is 37.7 Å². The van der Waals surface area contributed by atoms with E-state index < -0.39 is 0 Å². The number of aromatic nitrogens is 3. The van der Waals surface area contributed by atoms with E-state index in [4.69, 9.17) is 4.74 Å². The maximum atomic E-state index is 13.1. The van der Waals surface area contributed by atoms with E-state index in [1.807, 2.05) is 11.6 Å². The average Bonchev–Trinajstić information content (AvgIpc) is 2.92. The summed E-state index contributed by atoms with van der Waals surface area (Å²) in [6, 6.07) is 2.93. The van der Waals surface area contributed by atoms with E-state index >= 15 is 0 Å². The van der Waals surface area contributed by atoms with Crippen LogP contribution in [0.25, 0.3) is 0 Å². The third kappa shape index (κ3) is 3.39. The largest absolute Gasteiger partial charge is 0.493 e. The molecule has 2 heterocycles. The highest BCUT2D eigenvalue weighted by atomic mass is 19.1. The van der Waals surface area contributed by atoms with Gasteiger partial charge in [0.2, 0.25) is 0 Å². The van der Waals surface area contributed by atoms with Crippen LogP contribution < -0.4 is 10.1 Å². The molecular formula is C15H21FN4O. The van der Waals surface area contributed by atoms with Crippen molar-refractivity contribution >= 4 is 0 Å². The molecule has 21 heavy (non-hydrogen) atoms. The predicted octanol–water partition coefficient (Wildman–Crippen LogP) is 2.53. The molecule has 0 saturated heterocycles. The van der Waals surface area contributed by atoms with Gasteiger partial charge < -0.3 is 10.1 Å². The number of nitrogens with one attached hydrogen (secondary N) is 1. The number of rotatable bonds is 7. The van der Waals surface area contributed by atoms with Crippen LogP contribution in [0, 0.1) is 5.82 Å². The fourth-order valence-corrected chi connectivity index (χ4v) is 2.27. The van der Waals surface area contributed by atoms with Crippen molar-refractivity contribution in [2.45, 2.75) is 32.9 Å². The minimum atomic E-state index is -0.344. The molecule has 0 spiro atoms. The van der Waals surface area contributed by atoms with Gasteiger partial charge in [0.15, 0.2) is 5.75 Å². The van der Waals surface area contributed by atoms with E-state index in [-0.39, 0.29) is 11.9 Å². The number of pyridine rings is 1. The van der Waals surface area contributed by atoms with Gasteiger partial charge in [0.25, 0.3) is 0 Å². The normalized spacial score (nSPS) is 12.4. The van der Waals surface area contributed by atoms with Crippen LogP contribution in [-0.2, 0) is 6.54 Å². The first-order valence-corrected chi connectivity index (χ1v) is 7.15. The third-order valence-electron chi connectivity index (χ3n) is 3.28. The zero-order valence-corrected chi connectivity index (χ0v) is 12.6. The molecule has 114 valence electrons. The van der Waals surface area contributed by atoms with Crippen molar-refractivity contribution in [3.63, 3.8) is 0 Å². The Bertz CT molecular complexity index is 546. The molecule has 1 N–H and O–H groups in total. The monoisotopic (exact) mass is 292 g/mol. The zero-order chi connectivity index (χ0) is 15.2. The highest BCUT2D eigenvalue weighted by Crippen LogP contribution is 2.29. The maximum absolute atomic E-state index is 13.1. The van der Waals surface area contributed by atoms with Crippen molar-refractivity contribution in [1.82, 2.24) is 20.1 Å². The lowest BCUT2D eigenvalue weighted by Crippen LogP contribution is -2.27. The van der Waals surface area contributed by atoms with Crippen LogP contribution in [0.4, 0.5) is 4.39 Å².